The Morgan fingerprint density at radius 2 is 1.14 bits per heavy atom. The molecular weight excluding hydrogens is 671 g/mol. The van der Waals surface area contributed by atoms with Crippen molar-refractivity contribution in [2.24, 2.45) is 27.4 Å². The van der Waals surface area contributed by atoms with Gasteiger partial charge in [-0.25, -0.2) is 4.99 Å². The van der Waals surface area contributed by atoms with Crippen molar-refractivity contribution in [3.8, 4) is 0 Å². The molecule has 11 nitrogen and oxygen atoms in total. The Morgan fingerprint density at radius 1 is 0.620 bits per heavy atom. The van der Waals surface area contributed by atoms with Gasteiger partial charge in [-0.2, -0.15) is 23.5 Å². The van der Waals surface area contributed by atoms with Crippen molar-refractivity contribution in [2.75, 3.05) is 24.6 Å². The molecule has 7 N–H and O–H groups in total. The number of carbonyl (C=O) groups excluding carboxylic acids is 4. The van der Waals surface area contributed by atoms with Crippen molar-refractivity contribution in [1.82, 2.24) is 16.0 Å². The van der Waals surface area contributed by atoms with Crippen molar-refractivity contribution in [2.45, 2.75) is 163 Å². The third-order valence-electron chi connectivity index (χ3n) is 10.4. The van der Waals surface area contributed by atoms with Gasteiger partial charge in [-0.3, -0.25) is 24.2 Å². The predicted octanol–water partition coefficient (Wildman–Crippen LogP) is 4.79. The van der Waals surface area contributed by atoms with E-state index in [-0.39, 0.29) is 17.6 Å². The van der Waals surface area contributed by atoms with E-state index in [1.807, 2.05) is 23.5 Å². The normalized spacial score (nSPS) is 25.0. The fourth-order valence-electron chi connectivity index (χ4n) is 7.56. The molecule has 13 heteroatoms. The van der Waals surface area contributed by atoms with E-state index in [1.165, 1.54) is 0 Å². The van der Waals surface area contributed by atoms with Crippen LogP contribution in [0.3, 0.4) is 0 Å². The van der Waals surface area contributed by atoms with Crippen LogP contribution in [0.5, 0.6) is 0 Å². The zero-order valence-electron chi connectivity index (χ0n) is 30.1. The van der Waals surface area contributed by atoms with E-state index in [2.05, 4.69) is 25.9 Å². The first-order valence-corrected chi connectivity index (χ1v) is 21.6. The molecule has 2 saturated heterocycles. The molecule has 2 fully saturated rings. The Hall–Kier alpha value is -2.28. The molecule has 6 atom stereocenters. The summed E-state index contributed by atoms with van der Waals surface area (Å²) in [6.45, 7) is 1.20. The number of guanidine groups is 1. The zero-order chi connectivity index (χ0) is 35.6. The Morgan fingerprint density at radius 3 is 1.82 bits per heavy atom. The van der Waals surface area contributed by atoms with Crippen LogP contribution in [0, 0.1) is 5.92 Å². The number of hydrogen-bond acceptors (Lipinski definition) is 11. The molecule has 4 aliphatic heterocycles. The number of nitrogens with one attached hydrogen (secondary N) is 3. The minimum absolute atomic E-state index is 0.0412. The van der Waals surface area contributed by atoms with Gasteiger partial charge in [0.25, 0.3) is 0 Å². The summed E-state index contributed by atoms with van der Waals surface area (Å²) in [6, 6.07) is 1.08. The zero-order valence-corrected chi connectivity index (χ0v) is 31.8. The van der Waals surface area contributed by atoms with Gasteiger partial charge in [-0.15, -0.1) is 0 Å². The van der Waals surface area contributed by atoms with Gasteiger partial charge in [-0.1, -0.05) is 32.1 Å². The summed E-state index contributed by atoms with van der Waals surface area (Å²) in [5, 5.41) is 10.3. The average Bonchev–Trinajstić information content (AvgIpc) is 3.85. The van der Waals surface area contributed by atoms with Crippen molar-refractivity contribution in [3.05, 3.63) is 0 Å². The van der Waals surface area contributed by atoms with Gasteiger partial charge in [0.1, 0.15) is 11.6 Å². The van der Waals surface area contributed by atoms with Crippen LogP contribution in [-0.4, -0.2) is 88.4 Å². The number of amidine groups is 1. The highest BCUT2D eigenvalue weighted by molar-refractivity contribution is 8.00. The summed E-state index contributed by atoms with van der Waals surface area (Å²) < 4.78 is 0. The number of fused-ring (bicyclic) bond motifs is 2. The second-order valence-electron chi connectivity index (χ2n) is 14.7. The van der Waals surface area contributed by atoms with Gasteiger partial charge in [0, 0.05) is 74.3 Å². The number of nitrogens with zero attached hydrogens (tertiary/aromatic N) is 2. The molecule has 0 spiro atoms. The lowest BCUT2D eigenvalue weighted by Crippen LogP contribution is -2.38. The van der Waals surface area contributed by atoms with Crippen molar-refractivity contribution < 1.29 is 19.2 Å². The fourth-order valence-corrected chi connectivity index (χ4v) is 10.7. The van der Waals surface area contributed by atoms with E-state index >= 15 is 0 Å². The van der Waals surface area contributed by atoms with E-state index in [1.54, 1.807) is 0 Å². The monoisotopic (exact) mass is 733 g/mol. The number of amides is 2. The smallest absolute Gasteiger partial charge is 0.219 e. The summed E-state index contributed by atoms with van der Waals surface area (Å²) >= 11 is 3.99. The maximum atomic E-state index is 12.3. The standard InChI is InChI=1S/C37H63N7O4S2/c38-32-23-26-24-49-30(35(26)43-32)17-9-10-20-34(48)40-21-11-3-5-14-28(46)16-12-22-41-33(47)19-6-2-1-4-13-27(45)15-7-8-18-31-36-29(25-50-31)42-37(39)44-36/h26,29-31,35-36H,1-25H2,(H2,38,43)(H,40,48)(H,41,47)(H3,39,42,44)/t26-,29-,30-,31-,35-,36-/m0/s1. The number of rotatable bonds is 27. The molecule has 4 aliphatic rings. The van der Waals surface area contributed by atoms with Gasteiger partial charge < -0.3 is 27.4 Å². The largest absolute Gasteiger partial charge is 0.387 e. The number of unbranched alkanes of at least 4 members (excludes halogenated alkanes) is 7. The maximum Gasteiger partial charge on any atom is 0.219 e. The second-order valence-corrected chi connectivity index (χ2v) is 17.2. The van der Waals surface area contributed by atoms with E-state index in [4.69, 9.17) is 11.5 Å². The molecule has 0 aromatic carbocycles. The van der Waals surface area contributed by atoms with Crippen LogP contribution < -0.4 is 27.4 Å². The van der Waals surface area contributed by atoms with Crippen LogP contribution in [0.1, 0.15) is 135 Å². The number of carbonyl (C=O) groups is 4. The highest BCUT2D eigenvalue weighted by Gasteiger charge is 2.41. The molecule has 0 aliphatic carbocycles. The number of aliphatic imine (C=N–C) groups is 2. The SMILES string of the molecule is NC1=N[C@H]2[C@H](CS[C@H]2CCCCC(=O)NCCCCCC(=O)CCCNC(=O)CCCCCCC(=O)CCCC[C@@H]2SC[C@@H]3NC(N)=N[C@@H]32)C1. The van der Waals surface area contributed by atoms with Crippen molar-refractivity contribution >= 4 is 58.7 Å². The molecule has 0 saturated carbocycles. The second kappa shape index (κ2) is 22.6. The third kappa shape index (κ3) is 14.8. The molecule has 4 rings (SSSR count). The quantitative estimate of drug-likeness (QED) is 0.0742. The van der Waals surface area contributed by atoms with E-state index < -0.39 is 0 Å². The van der Waals surface area contributed by atoms with Crippen LogP contribution in [0.25, 0.3) is 0 Å². The first kappa shape index (κ1) is 40.5. The van der Waals surface area contributed by atoms with Crippen LogP contribution in [0.4, 0.5) is 0 Å². The van der Waals surface area contributed by atoms with Crippen LogP contribution in [0.15, 0.2) is 9.98 Å². The van der Waals surface area contributed by atoms with Crippen LogP contribution >= 0.6 is 23.5 Å². The molecule has 0 aromatic heterocycles. The number of thioether (sulfide) groups is 2. The van der Waals surface area contributed by atoms with E-state index in [9.17, 15) is 19.2 Å². The molecular formula is C37H63N7O4S2. The topological polar surface area (TPSA) is 181 Å². The summed E-state index contributed by atoms with van der Waals surface area (Å²) in [7, 11) is 0. The Kier molecular flexibility index (Phi) is 18.3. The van der Waals surface area contributed by atoms with Gasteiger partial charge >= 0.3 is 0 Å². The van der Waals surface area contributed by atoms with Gasteiger partial charge in [0.15, 0.2) is 5.96 Å². The van der Waals surface area contributed by atoms with Crippen LogP contribution in [-0.2, 0) is 19.2 Å². The van der Waals surface area contributed by atoms with Gasteiger partial charge in [0.2, 0.25) is 11.8 Å². The van der Waals surface area contributed by atoms with Crippen molar-refractivity contribution in [3.63, 3.8) is 0 Å². The fraction of sp³-hybridized carbons (Fsp3) is 0.838. The summed E-state index contributed by atoms with van der Waals surface area (Å²) in [5.74, 6) is 4.98. The Bertz CT molecular complexity index is 1080. The molecule has 50 heavy (non-hydrogen) atoms. The minimum atomic E-state index is 0.0412. The predicted molar refractivity (Wildman–Crippen MR) is 207 cm³/mol. The Labute approximate surface area is 308 Å². The number of nitrogens with two attached hydrogens (primary N) is 2. The van der Waals surface area contributed by atoms with Crippen LogP contribution in [0.2, 0.25) is 0 Å². The molecule has 0 bridgehead atoms. The van der Waals surface area contributed by atoms with E-state index in [0.29, 0.717) is 104 Å². The highest BCUT2D eigenvalue weighted by Crippen LogP contribution is 2.41. The van der Waals surface area contributed by atoms with Gasteiger partial charge in [-0.05, 0) is 69.5 Å². The molecule has 4 heterocycles. The van der Waals surface area contributed by atoms with Gasteiger partial charge in [0.05, 0.1) is 24.0 Å². The number of ketones is 2. The Balaban J connectivity index is 0.849. The number of Topliss-reactive ketones (excluding diaryl/α,β-unsaturated/α-hetero) is 2. The molecule has 0 unspecified atom stereocenters. The maximum absolute atomic E-state index is 12.3. The molecule has 2 amide bonds. The third-order valence-corrected chi connectivity index (χ3v) is 13.5. The molecule has 282 valence electrons. The molecule has 0 radical (unpaired) electrons. The first-order valence-electron chi connectivity index (χ1n) is 19.5. The highest BCUT2D eigenvalue weighted by atomic mass is 32.2. The lowest BCUT2D eigenvalue weighted by atomic mass is 9.96. The summed E-state index contributed by atoms with van der Waals surface area (Å²) in [4.78, 5) is 57.9. The lowest BCUT2D eigenvalue weighted by molar-refractivity contribution is -0.122. The van der Waals surface area contributed by atoms with E-state index in [0.717, 1.165) is 107 Å². The number of hydrogen-bond donors (Lipinski definition) is 5. The lowest BCUT2D eigenvalue weighted by Gasteiger charge is -2.14. The molecule has 0 aromatic rings. The van der Waals surface area contributed by atoms with Crippen molar-refractivity contribution in [1.29, 1.82) is 0 Å². The minimum Gasteiger partial charge on any atom is -0.387 e. The average molecular weight is 734 g/mol. The summed E-state index contributed by atoms with van der Waals surface area (Å²) in [5.41, 5.74) is 11.7. The summed E-state index contributed by atoms with van der Waals surface area (Å²) in [6.07, 6.45) is 17.5. The first-order chi connectivity index (χ1) is 24.3.